The number of rotatable bonds is 4. The molecule has 0 unspecified atom stereocenters. The zero-order chi connectivity index (χ0) is 19.0. The largest absolute Gasteiger partial charge is 0.496 e. The molecule has 7 heteroatoms. The van der Waals surface area contributed by atoms with E-state index >= 15 is 0 Å². The summed E-state index contributed by atoms with van der Waals surface area (Å²) in [6, 6.07) is 15.5. The minimum atomic E-state index is -3.80. The number of carbonyl (C=O) groups excluding carboxylic acids is 1. The third-order valence-electron chi connectivity index (χ3n) is 4.61. The molecule has 3 aromatic carbocycles. The Kier molecular flexibility index (Phi) is 4.24. The van der Waals surface area contributed by atoms with Crippen molar-refractivity contribution in [2.75, 3.05) is 17.1 Å². The zero-order valence-corrected chi connectivity index (χ0v) is 15.5. The molecule has 1 amide bonds. The van der Waals surface area contributed by atoms with Crippen molar-refractivity contribution in [3.63, 3.8) is 0 Å². The summed E-state index contributed by atoms with van der Waals surface area (Å²) in [5.74, 6) is 0.592. The molecule has 4 rings (SSSR count). The normalized spacial score (nSPS) is 13.7. The van der Waals surface area contributed by atoms with Crippen LogP contribution in [0.2, 0.25) is 0 Å². The van der Waals surface area contributed by atoms with Crippen LogP contribution in [0.5, 0.6) is 5.75 Å². The number of hydrogen-bond donors (Lipinski definition) is 2. The Morgan fingerprint density at radius 1 is 1.00 bits per heavy atom. The Bertz CT molecular complexity index is 1160. The van der Waals surface area contributed by atoms with Crippen LogP contribution >= 0.6 is 0 Å². The van der Waals surface area contributed by atoms with Crippen LogP contribution in [-0.2, 0) is 21.2 Å². The number of hydrogen-bond acceptors (Lipinski definition) is 4. The van der Waals surface area contributed by atoms with Gasteiger partial charge in [-0.2, -0.15) is 0 Å². The van der Waals surface area contributed by atoms with E-state index in [0.717, 1.165) is 16.6 Å². The van der Waals surface area contributed by atoms with Crippen molar-refractivity contribution < 1.29 is 17.9 Å². The minimum absolute atomic E-state index is 0.0273. The maximum Gasteiger partial charge on any atom is 0.262 e. The highest BCUT2D eigenvalue weighted by molar-refractivity contribution is 7.93. The van der Waals surface area contributed by atoms with Crippen LogP contribution in [0.25, 0.3) is 10.8 Å². The van der Waals surface area contributed by atoms with Crippen molar-refractivity contribution in [1.29, 1.82) is 0 Å². The maximum atomic E-state index is 13.0. The second kappa shape index (κ2) is 6.59. The summed E-state index contributed by atoms with van der Waals surface area (Å²) in [6.45, 7) is 0. The van der Waals surface area contributed by atoms with Crippen molar-refractivity contribution in [3.05, 3.63) is 60.2 Å². The average molecular weight is 382 g/mol. The lowest BCUT2D eigenvalue weighted by Crippen LogP contribution is -2.19. The van der Waals surface area contributed by atoms with Gasteiger partial charge in [0.25, 0.3) is 10.0 Å². The lowest BCUT2D eigenvalue weighted by Gasteiger charge is -2.18. The van der Waals surface area contributed by atoms with E-state index in [2.05, 4.69) is 10.0 Å². The smallest absolute Gasteiger partial charge is 0.262 e. The molecule has 2 N–H and O–H groups in total. The summed E-state index contributed by atoms with van der Waals surface area (Å²) in [7, 11) is -2.24. The van der Waals surface area contributed by atoms with Gasteiger partial charge in [0.15, 0.2) is 0 Å². The molecular formula is C20H18N2O4S. The number of amides is 1. The molecule has 138 valence electrons. The van der Waals surface area contributed by atoms with Gasteiger partial charge in [0, 0.05) is 28.6 Å². The highest BCUT2D eigenvalue weighted by Gasteiger charge is 2.21. The predicted octanol–water partition coefficient (Wildman–Crippen LogP) is 3.53. The van der Waals surface area contributed by atoms with Crippen LogP contribution in [0.4, 0.5) is 11.4 Å². The van der Waals surface area contributed by atoms with E-state index in [1.165, 1.54) is 0 Å². The first-order valence-corrected chi connectivity index (χ1v) is 9.97. The predicted molar refractivity (Wildman–Crippen MR) is 105 cm³/mol. The van der Waals surface area contributed by atoms with Gasteiger partial charge in [-0.05, 0) is 42.3 Å². The Morgan fingerprint density at radius 2 is 1.78 bits per heavy atom. The van der Waals surface area contributed by atoms with Gasteiger partial charge in [0.1, 0.15) is 5.75 Å². The molecule has 0 spiro atoms. The number of sulfonamides is 1. The van der Waals surface area contributed by atoms with E-state index in [4.69, 9.17) is 4.74 Å². The molecule has 0 saturated heterocycles. The van der Waals surface area contributed by atoms with Gasteiger partial charge in [0.05, 0.1) is 12.0 Å². The summed E-state index contributed by atoms with van der Waals surface area (Å²) in [6.07, 6.45) is 0.981. The third kappa shape index (κ3) is 3.21. The molecule has 0 bridgehead atoms. The summed E-state index contributed by atoms with van der Waals surface area (Å²) in [5, 5.41) is 4.11. The van der Waals surface area contributed by atoms with Gasteiger partial charge in [-0.1, -0.05) is 24.3 Å². The fourth-order valence-corrected chi connectivity index (χ4v) is 4.58. The van der Waals surface area contributed by atoms with Crippen LogP contribution in [0.3, 0.4) is 0 Å². The van der Waals surface area contributed by atoms with E-state index in [9.17, 15) is 13.2 Å². The highest BCUT2D eigenvalue weighted by atomic mass is 32.2. The molecule has 1 aliphatic heterocycles. The second-order valence-electron chi connectivity index (χ2n) is 6.34. The SMILES string of the molecule is COc1ccc(S(=O)(=O)Nc2ccc3c(c2)CCC(=O)N3)c2ccccc12. The quantitative estimate of drug-likeness (QED) is 0.723. The number of carbonyl (C=O) groups is 1. The highest BCUT2D eigenvalue weighted by Crippen LogP contribution is 2.32. The Hall–Kier alpha value is -3.06. The first-order valence-electron chi connectivity index (χ1n) is 8.49. The van der Waals surface area contributed by atoms with Crippen molar-refractivity contribution in [2.45, 2.75) is 17.7 Å². The second-order valence-corrected chi connectivity index (χ2v) is 7.99. The number of anilines is 2. The topological polar surface area (TPSA) is 84.5 Å². The number of aryl methyl sites for hydroxylation is 1. The van der Waals surface area contributed by atoms with E-state index in [-0.39, 0.29) is 10.8 Å². The lowest BCUT2D eigenvalue weighted by molar-refractivity contribution is -0.116. The molecule has 0 atom stereocenters. The summed E-state index contributed by atoms with van der Waals surface area (Å²) in [5.41, 5.74) is 2.10. The van der Waals surface area contributed by atoms with Crippen molar-refractivity contribution in [1.82, 2.24) is 0 Å². The van der Waals surface area contributed by atoms with E-state index < -0.39 is 10.0 Å². The molecule has 6 nitrogen and oxygen atoms in total. The van der Waals surface area contributed by atoms with Gasteiger partial charge >= 0.3 is 0 Å². The molecule has 1 aliphatic rings. The van der Waals surface area contributed by atoms with Crippen LogP contribution in [0, 0.1) is 0 Å². The van der Waals surface area contributed by atoms with Gasteiger partial charge < -0.3 is 10.1 Å². The number of ether oxygens (including phenoxy) is 1. The van der Waals surface area contributed by atoms with Crippen LogP contribution in [-0.4, -0.2) is 21.4 Å². The van der Waals surface area contributed by atoms with E-state index in [1.54, 1.807) is 49.6 Å². The Balaban J connectivity index is 1.73. The molecule has 27 heavy (non-hydrogen) atoms. The number of methoxy groups -OCH3 is 1. The van der Waals surface area contributed by atoms with Crippen LogP contribution in [0.1, 0.15) is 12.0 Å². The van der Waals surface area contributed by atoms with Crippen molar-refractivity contribution in [2.24, 2.45) is 0 Å². The molecular weight excluding hydrogens is 364 g/mol. The number of nitrogens with one attached hydrogen (secondary N) is 2. The Morgan fingerprint density at radius 3 is 2.56 bits per heavy atom. The molecule has 0 saturated carbocycles. The fourth-order valence-electron chi connectivity index (χ4n) is 3.31. The molecule has 0 fully saturated rings. The van der Waals surface area contributed by atoms with Gasteiger partial charge in [-0.25, -0.2) is 8.42 Å². The monoisotopic (exact) mass is 382 g/mol. The molecule has 3 aromatic rings. The van der Waals surface area contributed by atoms with E-state index in [1.807, 2.05) is 12.1 Å². The van der Waals surface area contributed by atoms with Crippen molar-refractivity contribution in [3.8, 4) is 5.75 Å². The number of benzene rings is 3. The van der Waals surface area contributed by atoms with Crippen LogP contribution < -0.4 is 14.8 Å². The minimum Gasteiger partial charge on any atom is -0.496 e. The first-order chi connectivity index (χ1) is 13.0. The molecule has 0 aliphatic carbocycles. The van der Waals surface area contributed by atoms with Gasteiger partial charge in [0.2, 0.25) is 5.91 Å². The van der Waals surface area contributed by atoms with E-state index in [0.29, 0.717) is 29.7 Å². The maximum absolute atomic E-state index is 13.0. The zero-order valence-electron chi connectivity index (χ0n) is 14.7. The lowest BCUT2D eigenvalue weighted by atomic mass is 10.0. The molecule has 0 aromatic heterocycles. The average Bonchev–Trinajstić information content (AvgIpc) is 2.67. The Labute approximate surface area is 157 Å². The van der Waals surface area contributed by atoms with Gasteiger partial charge in [-0.3, -0.25) is 9.52 Å². The summed E-state index contributed by atoms with van der Waals surface area (Å²) in [4.78, 5) is 11.7. The molecule has 1 heterocycles. The van der Waals surface area contributed by atoms with Crippen LogP contribution in [0.15, 0.2) is 59.5 Å². The van der Waals surface area contributed by atoms with Crippen molar-refractivity contribution >= 4 is 38.1 Å². The third-order valence-corrected chi connectivity index (χ3v) is 6.05. The van der Waals surface area contributed by atoms with Gasteiger partial charge in [-0.15, -0.1) is 0 Å². The molecule has 0 radical (unpaired) electrons. The number of fused-ring (bicyclic) bond motifs is 2. The fraction of sp³-hybridized carbons (Fsp3) is 0.150. The summed E-state index contributed by atoms with van der Waals surface area (Å²) < 4.78 is 34.0. The summed E-state index contributed by atoms with van der Waals surface area (Å²) >= 11 is 0. The standard InChI is InChI=1S/C20H18N2O4S/c1-26-18-9-10-19(16-5-3-2-4-15(16)18)27(24,25)22-14-7-8-17-13(12-14)6-11-20(23)21-17/h2-5,7-10,12,22H,6,11H2,1H3,(H,21,23). The first kappa shape index (κ1) is 17.4.